The van der Waals surface area contributed by atoms with E-state index in [-0.39, 0.29) is 5.92 Å². The van der Waals surface area contributed by atoms with Gasteiger partial charge in [-0.3, -0.25) is 4.79 Å². The molecule has 0 radical (unpaired) electrons. The molecule has 2 N–H and O–H groups in total. The second-order valence-electron chi connectivity index (χ2n) is 5.28. The minimum atomic E-state index is -3.92. The number of aliphatic carboxylic acids is 1. The highest BCUT2D eigenvalue weighted by Crippen LogP contribution is 2.27. The van der Waals surface area contributed by atoms with E-state index in [2.05, 4.69) is 4.72 Å². The van der Waals surface area contributed by atoms with Crippen LogP contribution in [0.25, 0.3) is 0 Å². The number of sulfone groups is 1. The fourth-order valence-corrected chi connectivity index (χ4v) is 5.22. The fraction of sp³-hybridized carbons (Fsp3) is 0.909. The average molecular weight is 327 g/mol. The van der Waals surface area contributed by atoms with Gasteiger partial charge in [-0.25, -0.2) is 21.6 Å². The Labute approximate surface area is 119 Å². The summed E-state index contributed by atoms with van der Waals surface area (Å²) in [6, 6.07) is -1.17. The molecule has 9 heteroatoms. The topological polar surface area (TPSA) is 118 Å². The molecule has 0 aromatic carbocycles. The molecule has 0 aromatic rings. The predicted molar refractivity (Wildman–Crippen MR) is 74.6 cm³/mol. The van der Waals surface area contributed by atoms with Gasteiger partial charge in [0.2, 0.25) is 10.0 Å². The van der Waals surface area contributed by atoms with Crippen molar-refractivity contribution in [3.8, 4) is 0 Å². The van der Waals surface area contributed by atoms with Crippen LogP contribution in [0.2, 0.25) is 0 Å². The zero-order valence-corrected chi connectivity index (χ0v) is 13.0. The lowest BCUT2D eigenvalue weighted by molar-refractivity contribution is -0.140. The highest BCUT2D eigenvalue weighted by atomic mass is 32.2. The number of hydrogen-bond acceptors (Lipinski definition) is 5. The summed E-state index contributed by atoms with van der Waals surface area (Å²) in [6.07, 6.45) is 5.10. The first-order chi connectivity index (χ1) is 9.11. The van der Waals surface area contributed by atoms with Crippen LogP contribution in [0.1, 0.15) is 32.1 Å². The summed E-state index contributed by atoms with van der Waals surface area (Å²) in [4.78, 5) is 11.2. The van der Waals surface area contributed by atoms with E-state index in [9.17, 15) is 26.7 Å². The summed E-state index contributed by atoms with van der Waals surface area (Å²) in [6.45, 7) is 0. The fourth-order valence-electron chi connectivity index (χ4n) is 2.33. The molecule has 1 fully saturated rings. The molecule has 0 amide bonds. The summed E-state index contributed by atoms with van der Waals surface area (Å²) < 4.78 is 47.7. The molecule has 0 spiro atoms. The molecule has 1 rings (SSSR count). The number of nitrogens with one attached hydrogen (secondary N) is 1. The molecule has 0 heterocycles. The third-order valence-corrected chi connectivity index (χ3v) is 5.98. The Hall–Kier alpha value is -0.670. The van der Waals surface area contributed by atoms with Crippen molar-refractivity contribution < 1.29 is 26.7 Å². The van der Waals surface area contributed by atoms with Crippen LogP contribution in [0.4, 0.5) is 0 Å². The smallest absolute Gasteiger partial charge is 0.322 e. The Balaban J connectivity index is 2.71. The van der Waals surface area contributed by atoms with Crippen LogP contribution >= 0.6 is 0 Å². The largest absolute Gasteiger partial charge is 0.480 e. The van der Waals surface area contributed by atoms with Crippen molar-refractivity contribution in [3.05, 3.63) is 0 Å². The zero-order chi connectivity index (χ0) is 15.4. The lowest BCUT2D eigenvalue weighted by Crippen LogP contribution is -2.47. The third kappa shape index (κ3) is 6.19. The molecule has 118 valence electrons. The summed E-state index contributed by atoms with van der Waals surface area (Å²) >= 11 is 0. The van der Waals surface area contributed by atoms with Gasteiger partial charge in [-0.15, -0.1) is 0 Å². The van der Waals surface area contributed by atoms with Crippen molar-refractivity contribution in [2.45, 2.75) is 38.1 Å². The summed E-state index contributed by atoms with van der Waals surface area (Å²) in [5.41, 5.74) is 0. The minimum Gasteiger partial charge on any atom is -0.480 e. The normalized spacial score (nSPS) is 19.6. The Kier molecular flexibility index (Phi) is 5.96. The molecule has 1 unspecified atom stereocenters. The van der Waals surface area contributed by atoms with Gasteiger partial charge in [0.1, 0.15) is 15.9 Å². The van der Waals surface area contributed by atoms with Gasteiger partial charge in [0, 0.05) is 6.26 Å². The van der Waals surface area contributed by atoms with Gasteiger partial charge in [-0.2, -0.15) is 0 Å². The summed E-state index contributed by atoms with van der Waals surface area (Å²) in [5, 5.41) is 9.17. The highest BCUT2D eigenvalue weighted by molar-refractivity contribution is 7.93. The van der Waals surface area contributed by atoms with Gasteiger partial charge in [0.25, 0.3) is 0 Å². The Bertz CT molecular complexity index is 533. The van der Waals surface area contributed by atoms with E-state index in [1.807, 2.05) is 0 Å². The Morgan fingerprint density at radius 2 is 1.70 bits per heavy atom. The van der Waals surface area contributed by atoms with E-state index < -0.39 is 43.4 Å². The van der Waals surface area contributed by atoms with Crippen molar-refractivity contribution in [2.75, 3.05) is 17.8 Å². The molecule has 0 aliphatic heterocycles. The van der Waals surface area contributed by atoms with Crippen LogP contribution in [0.15, 0.2) is 0 Å². The first kappa shape index (κ1) is 17.4. The average Bonchev–Trinajstić information content (AvgIpc) is 2.34. The zero-order valence-electron chi connectivity index (χ0n) is 11.4. The quantitative estimate of drug-likeness (QED) is 0.679. The van der Waals surface area contributed by atoms with Crippen LogP contribution in [-0.2, 0) is 24.7 Å². The monoisotopic (exact) mass is 327 g/mol. The number of hydrogen-bond donors (Lipinski definition) is 2. The maximum atomic E-state index is 11.8. The van der Waals surface area contributed by atoms with E-state index in [0.717, 1.165) is 25.5 Å². The molecule has 0 bridgehead atoms. The van der Waals surface area contributed by atoms with Crippen molar-refractivity contribution >= 4 is 25.8 Å². The first-order valence-electron chi connectivity index (χ1n) is 6.51. The number of rotatable bonds is 7. The molecular formula is C11H21NO6S2. The van der Waals surface area contributed by atoms with Crippen LogP contribution in [0, 0.1) is 5.92 Å². The van der Waals surface area contributed by atoms with Gasteiger partial charge < -0.3 is 5.11 Å². The SMILES string of the molecule is CS(=O)(=O)CCS(=O)(=O)NC(C(=O)O)C1CCCCC1. The number of carbonyl (C=O) groups is 1. The van der Waals surface area contributed by atoms with Crippen molar-refractivity contribution in [1.29, 1.82) is 0 Å². The molecule has 0 aromatic heterocycles. The van der Waals surface area contributed by atoms with Crippen LogP contribution in [-0.4, -0.2) is 51.7 Å². The minimum absolute atomic E-state index is 0.228. The van der Waals surface area contributed by atoms with Crippen molar-refractivity contribution in [3.63, 3.8) is 0 Å². The first-order valence-corrected chi connectivity index (χ1v) is 10.2. The predicted octanol–water partition coefficient (Wildman–Crippen LogP) is -0.0161. The maximum absolute atomic E-state index is 11.8. The van der Waals surface area contributed by atoms with Crippen LogP contribution in [0.5, 0.6) is 0 Å². The van der Waals surface area contributed by atoms with E-state index in [1.54, 1.807) is 0 Å². The summed E-state index contributed by atoms with van der Waals surface area (Å²) in [5.74, 6) is -2.56. The molecule has 1 saturated carbocycles. The highest BCUT2D eigenvalue weighted by Gasteiger charge is 2.32. The van der Waals surface area contributed by atoms with Crippen molar-refractivity contribution in [2.24, 2.45) is 5.92 Å². The third-order valence-electron chi connectivity index (χ3n) is 3.42. The lowest BCUT2D eigenvalue weighted by Gasteiger charge is -2.27. The Morgan fingerprint density at radius 3 is 2.15 bits per heavy atom. The van der Waals surface area contributed by atoms with E-state index in [0.29, 0.717) is 12.8 Å². The number of carboxylic acids is 1. The van der Waals surface area contributed by atoms with Gasteiger partial charge in [0.05, 0.1) is 11.5 Å². The molecular weight excluding hydrogens is 306 g/mol. The molecule has 0 saturated heterocycles. The Morgan fingerprint density at radius 1 is 1.15 bits per heavy atom. The van der Waals surface area contributed by atoms with Crippen molar-refractivity contribution in [1.82, 2.24) is 4.72 Å². The molecule has 1 aliphatic carbocycles. The number of carboxylic acid groups (broad SMARTS) is 1. The molecule has 1 atom stereocenters. The van der Waals surface area contributed by atoms with E-state index >= 15 is 0 Å². The van der Waals surface area contributed by atoms with E-state index in [4.69, 9.17) is 0 Å². The summed E-state index contributed by atoms with van der Waals surface area (Å²) in [7, 11) is -7.32. The molecule has 20 heavy (non-hydrogen) atoms. The van der Waals surface area contributed by atoms with Gasteiger partial charge in [0.15, 0.2) is 0 Å². The maximum Gasteiger partial charge on any atom is 0.322 e. The van der Waals surface area contributed by atoms with Gasteiger partial charge in [-0.05, 0) is 18.8 Å². The van der Waals surface area contributed by atoms with Gasteiger partial charge in [-0.1, -0.05) is 19.3 Å². The van der Waals surface area contributed by atoms with Crippen LogP contribution < -0.4 is 4.72 Å². The van der Waals surface area contributed by atoms with Crippen LogP contribution in [0.3, 0.4) is 0 Å². The second kappa shape index (κ2) is 6.86. The number of sulfonamides is 1. The lowest BCUT2D eigenvalue weighted by atomic mass is 9.84. The van der Waals surface area contributed by atoms with Gasteiger partial charge >= 0.3 is 5.97 Å². The molecule has 1 aliphatic rings. The second-order valence-corrected chi connectivity index (χ2v) is 9.41. The van der Waals surface area contributed by atoms with E-state index in [1.165, 1.54) is 0 Å². The standard InChI is InChI=1S/C11H21NO6S2/c1-19(15,16)7-8-20(17,18)12-10(11(13)14)9-5-3-2-4-6-9/h9-10,12H,2-8H2,1H3,(H,13,14). The molecule has 7 nitrogen and oxygen atoms in total.